The Morgan fingerprint density at radius 1 is 1.37 bits per heavy atom. The minimum Gasteiger partial charge on any atom is -0.490 e. The van der Waals surface area contributed by atoms with Gasteiger partial charge < -0.3 is 10.1 Å². The summed E-state index contributed by atoms with van der Waals surface area (Å²) in [5.41, 5.74) is 0.923. The van der Waals surface area contributed by atoms with Crippen molar-refractivity contribution in [1.82, 2.24) is 20.3 Å². The summed E-state index contributed by atoms with van der Waals surface area (Å²) in [6.45, 7) is 1.93. The molecule has 7 heteroatoms. The van der Waals surface area contributed by atoms with Crippen molar-refractivity contribution in [2.45, 2.75) is 13.1 Å². The first-order valence-corrected chi connectivity index (χ1v) is 7.39. The second kappa shape index (κ2) is 7.02. The second-order valence-electron chi connectivity index (χ2n) is 3.93. The van der Waals surface area contributed by atoms with Gasteiger partial charge in [0, 0.05) is 17.2 Å². The minimum atomic E-state index is 0.544. The highest BCUT2D eigenvalue weighted by atomic mass is 79.9. The molecule has 0 saturated heterocycles. The van der Waals surface area contributed by atoms with Gasteiger partial charge in [0.05, 0.1) is 16.7 Å². The zero-order valence-corrected chi connectivity index (χ0v) is 13.6. The molecule has 1 aromatic heterocycles. The number of ether oxygens (including phenoxy) is 1. The highest BCUT2D eigenvalue weighted by Gasteiger charge is 2.03. The van der Waals surface area contributed by atoms with Gasteiger partial charge in [0.1, 0.15) is 12.4 Å². The molecule has 0 atom stereocenters. The lowest BCUT2D eigenvalue weighted by molar-refractivity contribution is 0.288. The maximum Gasteiger partial charge on any atom is 0.133 e. The van der Waals surface area contributed by atoms with Crippen molar-refractivity contribution >= 4 is 31.9 Å². The summed E-state index contributed by atoms with van der Waals surface area (Å²) in [5, 5.41) is 11.1. The Morgan fingerprint density at radius 2 is 2.21 bits per heavy atom. The summed E-state index contributed by atoms with van der Waals surface area (Å²) < 4.78 is 9.41. The summed E-state index contributed by atoms with van der Waals surface area (Å²) >= 11 is 6.86. The first-order chi connectivity index (χ1) is 9.19. The van der Waals surface area contributed by atoms with Gasteiger partial charge in [-0.1, -0.05) is 21.1 Å². The Labute approximate surface area is 128 Å². The van der Waals surface area contributed by atoms with E-state index in [1.165, 1.54) is 0 Å². The monoisotopic (exact) mass is 388 g/mol. The van der Waals surface area contributed by atoms with Crippen LogP contribution < -0.4 is 10.1 Å². The van der Waals surface area contributed by atoms with Gasteiger partial charge in [-0.05, 0) is 41.2 Å². The number of hydrogen-bond donors (Lipinski definition) is 1. The molecule has 0 aliphatic carbocycles. The van der Waals surface area contributed by atoms with Crippen molar-refractivity contribution in [3.63, 3.8) is 0 Å². The first-order valence-electron chi connectivity index (χ1n) is 5.80. The molecule has 0 amide bonds. The number of halogens is 2. The minimum absolute atomic E-state index is 0.544. The number of hydrogen-bond acceptors (Lipinski definition) is 4. The molecule has 0 saturated carbocycles. The van der Waals surface area contributed by atoms with Crippen molar-refractivity contribution in [1.29, 1.82) is 0 Å². The number of aromatic nitrogens is 3. The van der Waals surface area contributed by atoms with Crippen LogP contribution >= 0.6 is 31.9 Å². The van der Waals surface area contributed by atoms with Crippen LogP contribution in [-0.4, -0.2) is 28.6 Å². The van der Waals surface area contributed by atoms with E-state index in [9.17, 15) is 0 Å². The molecule has 102 valence electrons. The molecule has 0 radical (unpaired) electrons. The summed E-state index contributed by atoms with van der Waals surface area (Å²) in [6.07, 6.45) is 1.91. The standard InChI is InChI=1S/C12H14Br2N4O/c1-15-7-10-8-18(17-16-10)4-5-19-12-3-2-9(13)6-11(12)14/h2-3,6,8,15H,4-5,7H2,1H3. The number of benzene rings is 1. The molecule has 1 aromatic carbocycles. The predicted octanol–water partition coefficient (Wildman–Crippen LogP) is 2.60. The van der Waals surface area contributed by atoms with Gasteiger partial charge >= 0.3 is 0 Å². The van der Waals surface area contributed by atoms with Crippen LogP contribution in [0.1, 0.15) is 5.69 Å². The van der Waals surface area contributed by atoms with Crippen LogP contribution in [-0.2, 0) is 13.1 Å². The van der Waals surface area contributed by atoms with Crippen molar-refractivity contribution in [2.75, 3.05) is 13.7 Å². The van der Waals surface area contributed by atoms with Crippen LogP contribution in [0.4, 0.5) is 0 Å². The van der Waals surface area contributed by atoms with E-state index >= 15 is 0 Å². The molecular formula is C12H14Br2N4O. The Bertz CT molecular complexity index is 544. The van der Waals surface area contributed by atoms with Gasteiger partial charge in [-0.25, -0.2) is 4.68 Å². The third kappa shape index (κ3) is 4.29. The van der Waals surface area contributed by atoms with E-state index in [2.05, 4.69) is 47.5 Å². The molecule has 2 rings (SSSR count). The van der Waals surface area contributed by atoms with E-state index in [4.69, 9.17) is 4.74 Å². The second-order valence-corrected chi connectivity index (χ2v) is 5.70. The van der Waals surface area contributed by atoms with Gasteiger partial charge in [0.25, 0.3) is 0 Å². The van der Waals surface area contributed by atoms with Crippen LogP contribution in [0.25, 0.3) is 0 Å². The van der Waals surface area contributed by atoms with Crippen LogP contribution in [0.2, 0.25) is 0 Å². The highest BCUT2D eigenvalue weighted by molar-refractivity contribution is 9.11. The Kier molecular flexibility index (Phi) is 5.35. The van der Waals surface area contributed by atoms with E-state index in [1.54, 1.807) is 4.68 Å². The fraction of sp³-hybridized carbons (Fsp3) is 0.333. The molecule has 0 unspecified atom stereocenters. The number of nitrogens with one attached hydrogen (secondary N) is 1. The van der Waals surface area contributed by atoms with Crippen LogP contribution in [0, 0.1) is 0 Å². The van der Waals surface area contributed by atoms with E-state index in [-0.39, 0.29) is 0 Å². The Hall–Kier alpha value is -0.920. The Balaban J connectivity index is 1.85. The third-order valence-electron chi connectivity index (χ3n) is 2.42. The normalized spacial score (nSPS) is 10.7. The lowest BCUT2D eigenvalue weighted by Crippen LogP contribution is -2.09. The summed E-state index contributed by atoms with van der Waals surface area (Å²) in [4.78, 5) is 0. The van der Waals surface area contributed by atoms with Gasteiger partial charge in [0.15, 0.2) is 0 Å². The molecule has 19 heavy (non-hydrogen) atoms. The van der Waals surface area contributed by atoms with Crippen molar-refractivity contribution < 1.29 is 4.74 Å². The van der Waals surface area contributed by atoms with E-state index < -0.39 is 0 Å². The average molecular weight is 390 g/mol. The molecule has 0 bridgehead atoms. The first kappa shape index (κ1) is 14.5. The molecule has 0 fully saturated rings. The fourth-order valence-corrected chi connectivity index (χ4v) is 2.71. The van der Waals surface area contributed by atoms with Gasteiger partial charge in [0.2, 0.25) is 0 Å². The molecule has 0 aliphatic heterocycles. The summed E-state index contributed by atoms with van der Waals surface area (Å²) in [7, 11) is 1.88. The maximum absolute atomic E-state index is 5.69. The molecular weight excluding hydrogens is 376 g/mol. The van der Waals surface area contributed by atoms with E-state index in [0.29, 0.717) is 13.2 Å². The SMILES string of the molecule is CNCc1cn(CCOc2ccc(Br)cc2Br)nn1. The fourth-order valence-electron chi connectivity index (χ4n) is 1.55. The molecule has 2 aromatic rings. The summed E-state index contributed by atoms with van der Waals surface area (Å²) in [5.74, 6) is 0.818. The number of nitrogens with zero attached hydrogens (tertiary/aromatic N) is 3. The third-order valence-corrected chi connectivity index (χ3v) is 3.53. The number of rotatable bonds is 6. The lowest BCUT2D eigenvalue weighted by atomic mass is 10.3. The van der Waals surface area contributed by atoms with E-state index in [1.807, 2.05) is 31.4 Å². The van der Waals surface area contributed by atoms with Gasteiger partial charge in [-0.2, -0.15) is 0 Å². The average Bonchev–Trinajstić information content (AvgIpc) is 2.80. The predicted molar refractivity (Wildman–Crippen MR) is 80.1 cm³/mol. The Morgan fingerprint density at radius 3 is 2.95 bits per heavy atom. The zero-order chi connectivity index (χ0) is 13.7. The lowest BCUT2D eigenvalue weighted by Gasteiger charge is -2.08. The van der Waals surface area contributed by atoms with Crippen molar-refractivity contribution in [3.05, 3.63) is 39.0 Å². The smallest absolute Gasteiger partial charge is 0.133 e. The molecule has 0 spiro atoms. The topological polar surface area (TPSA) is 52.0 Å². The van der Waals surface area contributed by atoms with Crippen LogP contribution in [0.15, 0.2) is 33.3 Å². The van der Waals surface area contributed by atoms with Crippen molar-refractivity contribution in [2.24, 2.45) is 0 Å². The molecule has 0 aliphatic rings. The van der Waals surface area contributed by atoms with Crippen LogP contribution in [0.3, 0.4) is 0 Å². The molecule has 1 heterocycles. The van der Waals surface area contributed by atoms with Gasteiger partial charge in [-0.15, -0.1) is 5.10 Å². The zero-order valence-electron chi connectivity index (χ0n) is 10.4. The molecule has 1 N–H and O–H groups in total. The quantitative estimate of drug-likeness (QED) is 0.824. The van der Waals surface area contributed by atoms with Gasteiger partial charge in [-0.3, -0.25) is 0 Å². The molecule has 5 nitrogen and oxygen atoms in total. The highest BCUT2D eigenvalue weighted by Crippen LogP contribution is 2.28. The maximum atomic E-state index is 5.69. The van der Waals surface area contributed by atoms with E-state index in [0.717, 1.165) is 26.9 Å². The van der Waals surface area contributed by atoms with Crippen LogP contribution in [0.5, 0.6) is 5.75 Å². The summed E-state index contributed by atoms with van der Waals surface area (Å²) in [6, 6.07) is 5.82. The largest absolute Gasteiger partial charge is 0.490 e. The van der Waals surface area contributed by atoms with Crippen molar-refractivity contribution in [3.8, 4) is 5.75 Å².